The molecule has 1 amide bonds. The van der Waals surface area contributed by atoms with Gasteiger partial charge in [0.25, 0.3) is 0 Å². The van der Waals surface area contributed by atoms with Gasteiger partial charge in [-0.1, -0.05) is 0 Å². The quantitative estimate of drug-likeness (QED) is 0.659. The van der Waals surface area contributed by atoms with E-state index >= 15 is 0 Å². The van der Waals surface area contributed by atoms with Gasteiger partial charge in [-0.2, -0.15) is 5.26 Å². The van der Waals surface area contributed by atoms with Gasteiger partial charge in [0.2, 0.25) is 0 Å². The van der Waals surface area contributed by atoms with Crippen molar-refractivity contribution in [2.45, 2.75) is 45.1 Å². The molecule has 1 aromatic rings. The molecular weight excluding hydrogens is 393 g/mol. The third-order valence-corrected chi connectivity index (χ3v) is 4.70. The zero-order chi connectivity index (χ0) is 16.3. The van der Waals surface area contributed by atoms with Gasteiger partial charge in [-0.3, -0.25) is 4.98 Å². The molecule has 118 valence electrons. The highest BCUT2D eigenvalue weighted by Crippen LogP contribution is 2.31. The normalized spacial score (nSPS) is 16.2. The Labute approximate surface area is 144 Å². The second-order valence-electron chi connectivity index (χ2n) is 6.41. The second-order valence-corrected chi connectivity index (χ2v) is 7.49. The number of likely N-dealkylation sites (tertiary alicyclic amines) is 1. The number of nitriles is 1. The van der Waals surface area contributed by atoms with Crippen molar-refractivity contribution in [1.29, 1.82) is 5.26 Å². The van der Waals surface area contributed by atoms with E-state index in [0.717, 1.165) is 22.1 Å². The van der Waals surface area contributed by atoms with Gasteiger partial charge in [-0.05, 0) is 62.3 Å². The average molecular weight is 413 g/mol. The minimum Gasteiger partial charge on any atom is -0.444 e. The van der Waals surface area contributed by atoms with Crippen LogP contribution in [0.25, 0.3) is 0 Å². The Balaban J connectivity index is 2.01. The molecule has 0 saturated carbocycles. The number of aromatic nitrogens is 1. The highest BCUT2D eigenvalue weighted by atomic mass is 127. The van der Waals surface area contributed by atoms with E-state index in [9.17, 15) is 4.79 Å². The first kappa shape index (κ1) is 17.0. The predicted octanol–water partition coefficient (Wildman–Crippen LogP) is 3.67. The summed E-state index contributed by atoms with van der Waals surface area (Å²) < 4.78 is 6.33. The summed E-state index contributed by atoms with van der Waals surface area (Å²) in [6.45, 7) is 6.94. The Morgan fingerprint density at radius 3 is 2.64 bits per heavy atom. The van der Waals surface area contributed by atoms with Crippen LogP contribution in [0.15, 0.2) is 12.3 Å². The van der Waals surface area contributed by atoms with Crippen LogP contribution in [0.2, 0.25) is 0 Å². The van der Waals surface area contributed by atoms with Gasteiger partial charge in [0, 0.05) is 25.2 Å². The summed E-state index contributed by atoms with van der Waals surface area (Å²) in [6, 6.07) is 3.93. The highest BCUT2D eigenvalue weighted by molar-refractivity contribution is 14.1. The molecule has 1 aliphatic rings. The van der Waals surface area contributed by atoms with Crippen LogP contribution < -0.4 is 0 Å². The molecule has 2 rings (SSSR count). The molecular formula is C16H20IN3O2. The lowest BCUT2D eigenvalue weighted by molar-refractivity contribution is 0.0204. The standard InChI is InChI=1S/C16H20IN3O2/c1-16(2,3)22-15(21)20-8-5-11(6-9-20)14-13(17)12(10-18)4-7-19-14/h4,7,11H,5-6,8-9H2,1-3H3. The van der Waals surface area contributed by atoms with Gasteiger partial charge in [0.05, 0.1) is 14.8 Å². The predicted molar refractivity (Wildman–Crippen MR) is 91.5 cm³/mol. The summed E-state index contributed by atoms with van der Waals surface area (Å²) in [7, 11) is 0. The Morgan fingerprint density at radius 1 is 1.45 bits per heavy atom. The Morgan fingerprint density at radius 2 is 2.09 bits per heavy atom. The fourth-order valence-corrected chi connectivity index (χ4v) is 3.37. The molecule has 0 aromatic carbocycles. The summed E-state index contributed by atoms with van der Waals surface area (Å²) in [6.07, 6.45) is 3.13. The van der Waals surface area contributed by atoms with Crippen LogP contribution in [0.3, 0.4) is 0 Å². The van der Waals surface area contributed by atoms with Crippen LogP contribution in [0.5, 0.6) is 0 Å². The molecule has 22 heavy (non-hydrogen) atoms. The number of halogens is 1. The van der Waals surface area contributed by atoms with E-state index in [1.54, 1.807) is 17.2 Å². The lowest BCUT2D eigenvalue weighted by Crippen LogP contribution is -2.41. The lowest BCUT2D eigenvalue weighted by atomic mass is 9.92. The van der Waals surface area contributed by atoms with Crippen molar-refractivity contribution in [3.05, 3.63) is 27.1 Å². The maximum absolute atomic E-state index is 12.1. The Kier molecular flexibility index (Phi) is 5.27. The molecule has 5 nitrogen and oxygen atoms in total. The number of hydrogen-bond donors (Lipinski definition) is 0. The van der Waals surface area contributed by atoms with Crippen molar-refractivity contribution in [1.82, 2.24) is 9.88 Å². The number of rotatable bonds is 1. The van der Waals surface area contributed by atoms with Gasteiger partial charge in [0.1, 0.15) is 11.7 Å². The molecule has 6 heteroatoms. The van der Waals surface area contributed by atoms with Gasteiger partial charge in [-0.15, -0.1) is 0 Å². The van der Waals surface area contributed by atoms with E-state index < -0.39 is 5.60 Å². The minimum atomic E-state index is -0.466. The molecule has 1 aliphatic heterocycles. The van der Waals surface area contributed by atoms with E-state index in [0.29, 0.717) is 24.6 Å². The van der Waals surface area contributed by atoms with Crippen LogP contribution in [-0.2, 0) is 4.74 Å². The molecule has 0 aliphatic carbocycles. The fraction of sp³-hybridized carbons (Fsp3) is 0.562. The smallest absolute Gasteiger partial charge is 0.410 e. The molecule has 1 fully saturated rings. The van der Waals surface area contributed by atoms with Crippen molar-refractivity contribution in [3.8, 4) is 6.07 Å². The number of ether oxygens (including phenoxy) is 1. The molecule has 0 atom stereocenters. The molecule has 0 spiro atoms. The fourth-order valence-electron chi connectivity index (χ4n) is 2.49. The number of carbonyl (C=O) groups is 1. The van der Waals surface area contributed by atoms with Crippen molar-refractivity contribution < 1.29 is 9.53 Å². The van der Waals surface area contributed by atoms with E-state index in [4.69, 9.17) is 10.00 Å². The first-order valence-electron chi connectivity index (χ1n) is 7.34. The summed E-state index contributed by atoms with van der Waals surface area (Å²) in [4.78, 5) is 18.3. The molecule has 1 saturated heterocycles. The average Bonchev–Trinajstić information content (AvgIpc) is 2.46. The van der Waals surface area contributed by atoms with Crippen LogP contribution in [0, 0.1) is 14.9 Å². The Hall–Kier alpha value is -1.36. The molecule has 0 N–H and O–H groups in total. The maximum Gasteiger partial charge on any atom is 0.410 e. The van der Waals surface area contributed by atoms with E-state index in [1.807, 2.05) is 20.8 Å². The first-order chi connectivity index (χ1) is 10.3. The number of hydrogen-bond acceptors (Lipinski definition) is 4. The third kappa shape index (κ3) is 4.09. The Bertz CT molecular complexity index is 596. The van der Waals surface area contributed by atoms with Crippen LogP contribution in [0.1, 0.15) is 50.8 Å². The number of carbonyl (C=O) groups excluding carboxylic acids is 1. The van der Waals surface area contributed by atoms with Crippen LogP contribution in [0.4, 0.5) is 4.79 Å². The maximum atomic E-state index is 12.1. The summed E-state index contributed by atoms with van der Waals surface area (Å²) in [5.74, 6) is 0.291. The van der Waals surface area contributed by atoms with Crippen LogP contribution >= 0.6 is 22.6 Å². The molecule has 2 heterocycles. The zero-order valence-electron chi connectivity index (χ0n) is 13.1. The molecule has 1 aromatic heterocycles. The van der Waals surface area contributed by atoms with Crippen molar-refractivity contribution >= 4 is 28.7 Å². The lowest BCUT2D eigenvalue weighted by Gasteiger charge is -2.33. The summed E-state index contributed by atoms with van der Waals surface area (Å²) in [5, 5.41) is 9.11. The first-order valence-corrected chi connectivity index (χ1v) is 8.42. The number of nitrogens with zero attached hydrogens (tertiary/aromatic N) is 3. The summed E-state index contributed by atoms with van der Waals surface area (Å²) >= 11 is 2.19. The second kappa shape index (κ2) is 6.82. The van der Waals surface area contributed by atoms with E-state index in [2.05, 4.69) is 33.6 Å². The number of piperidine rings is 1. The third-order valence-electron chi connectivity index (χ3n) is 3.57. The van der Waals surface area contributed by atoms with Crippen LogP contribution in [-0.4, -0.2) is 34.7 Å². The zero-order valence-corrected chi connectivity index (χ0v) is 15.3. The van der Waals surface area contributed by atoms with Gasteiger partial charge < -0.3 is 9.64 Å². The van der Waals surface area contributed by atoms with Gasteiger partial charge in [0.15, 0.2) is 0 Å². The largest absolute Gasteiger partial charge is 0.444 e. The monoisotopic (exact) mass is 413 g/mol. The van der Waals surface area contributed by atoms with E-state index in [1.165, 1.54) is 0 Å². The van der Waals surface area contributed by atoms with Crippen molar-refractivity contribution in [2.75, 3.05) is 13.1 Å². The van der Waals surface area contributed by atoms with Crippen molar-refractivity contribution in [2.24, 2.45) is 0 Å². The molecule has 0 radical (unpaired) electrons. The summed E-state index contributed by atoms with van der Waals surface area (Å²) in [5.41, 5.74) is 1.18. The van der Waals surface area contributed by atoms with Gasteiger partial charge in [-0.25, -0.2) is 4.79 Å². The SMILES string of the molecule is CC(C)(C)OC(=O)N1CCC(c2nccc(C#N)c2I)CC1. The topological polar surface area (TPSA) is 66.2 Å². The molecule has 0 bridgehead atoms. The van der Waals surface area contributed by atoms with Crippen molar-refractivity contribution in [3.63, 3.8) is 0 Å². The van der Waals surface area contributed by atoms with Gasteiger partial charge >= 0.3 is 6.09 Å². The van der Waals surface area contributed by atoms with E-state index in [-0.39, 0.29) is 6.09 Å². The highest BCUT2D eigenvalue weighted by Gasteiger charge is 2.29. The number of amides is 1. The molecule has 0 unspecified atom stereocenters. The number of pyridine rings is 1. The minimum absolute atomic E-state index is 0.251.